The van der Waals surface area contributed by atoms with E-state index in [1.54, 1.807) is 0 Å². The van der Waals surface area contributed by atoms with Gasteiger partial charge in [-0.1, -0.05) is 234 Å². The van der Waals surface area contributed by atoms with Gasteiger partial charge in [-0.25, -0.2) is 0 Å². The second-order valence-electron chi connectivity index (χ2n) is 19.7. The van der Waals surface area contributed by atoms with Crippen LogP contribution in [-0.4, -0.2) is 4.57 Å². The summed E-state index contributed by atoms with van der Waals surface area (Å²) in [5.74, 6) is 0. The van der Waals surface area contributed by atoms with E-state index >= 15 is 0 Å². The molecule has 8 aromatic carbocycles. The van der Waals surface area contributed by atoms with E-state index in [4.69, 9.17) is 6.58 Å². The molecule has 2 aliphatic rings. The molecule has 0 unspecified atom stereocenters. The van der Waals surface area contributed by atoms with Gasteiger partial charge in [0.05, 0.1) is 11.0 Å². The first-order chi connectivity index (χ1) is 36.5. The molecule has 0 atom stereocenters. The van der Waals surface area contributed by atoms with Gasteiger partial charge in [0.25, 0.3) is 0 Å². The first-order valence-corrected chi connectivity index (χ1v) is 26.6. The van der Waals surface area contributed by atoms with Crippen molar-refractivity contribution in [1.82, 2.24) is 4.57 Å². The molecule has 75 heavy (non-hydrogen) atoms. The van der Waals surface area contributed by atoms with Crippen LogP contribution in [-0.2, 0) is 6.42 Å². The lowest BCUT2D eigenvalue weighted by Crippen LogP contribution is -2.02. The average Bonchev–Trinajstić information content (AvgIpc) is 3.78. The molecule has 368 valence electrons. The van der Waals surface area contributed by atoms with Gasteiger partial charge >= 0.3 is 0 Å². The number of benzene rings is 8. The van der Waals surface area contributed by atoms with Crippen LogP contribution in [0.2, 0.25) is 0 Å². The molecule has 0 radical (unpaired) electrons. The van der Waals surface area contributed by atoms with Gasteiger partial charge in [0.15, 0.2) is 0 Å². The van der Waals surface area contributed by atoms with Crippen molar-refractivity contribution < 1.29 is 0 Å². The Kier molecular flexibility index (Phi) is 15.4. The standard InChI is InChI=1S/C73H63N.CH4/c1-4-6-8-18-48-74-71-46-26-53(19-7-5-2)49-68(71)69-50-66(44-47-72(69)74)62-33-31-61(32-34-62)60-29-27-54(28-30-60)52(3)67-45-43-65(57-24-16-11-17-25-57)51-70(67)73(63-39-35-58(36-40-63)55-20-12-9-13-21-55)64-41-37-59(38-42-64)56-22-14-10-15-23-56;/h4,9-10,12-16,18,20-41,43-51H,1,3,5-8,11,17,19,42H2,2H3;1H4/b48-18-,73-64-;. The highest BCUT2D eigenvalue weighted by Crippen LogP contribution is 2.41. The third-order valence-corrected chi connectivity index (χ3v) is 14.9. The summed E-state index contributed by atoms with van der Waals surface area (Å²) in [4.78, 5) is 0. The molecule has 1 heterocycles. The second kappa shape index (κ2) is 23.1. The monoisotopic (exact) mass is 970 g/mol. The van der Waals surface area contributed by atoms with Crippen molar-refractivity contribution >= 4 is 50.3 Å². The van der Waals surface area contributed by atoms with Crippen LogP contribution in [0.5, 0.6) is 0 Å². The zero-order valence-corrected chi connectivity index (χ0v) is 42.6. The third-order valence-electron chi connectivity index (χ3n) is 14.9. The van der Waals surface area contributed by atoms with Crippen molar-refractivity contribution in [3.8, 4) is 33.4 Å². The fourth-order valence-electron chi connectivity index (χ4n) is 10.8. The highest BCUT2D eigenvalue weighted by atomic mass is 15.0. The van der Waals surface area contributed by atoms with Crippen LogP contribution in [0, 0.1) is 0 Å². The van der Waals surface area contributed by atoms with Gasteiger partial charge in [0, 0.05) is 17.0 Å². The van der Waals surface area contributed by atoms with Gasteiger partial charge in [-0.05, 0) is 175 Å². The SMILES string of the molecule is C.C=CCC/C=C\n1c2ccc(CCCC)cc2c2cc(-c3ccc(-c4ccc(C(=C)c5ccc(C6=CCCC=C6)cc5/C(=C5/C=CC(c6ccccc6)=CC5)c5ccc(-c6ccccc6)cc5)cc4)cc3)ccc21. The number of unbranched alkanes of at least 4 members (excludes halogenated alkanes) is 2. The predicted molar refractivity (Wildman–Crippen MR) is 327 cm³/mol. The van der Waals surface area contributed by atoms with Gasteiger partial charge in [-0.2, -0.15) is 0 Å². The molecule has 0 N–H and O–H groups in total. The Balaban J connectivity index is 0.00000641. The summed E-state index contributed by atoms with van der Waals surface area (Å²) in [5, 5.41) is 2.60. The molecule has 11 rings (SSSR count). The van der Waals surface area contributed by atoms with E-state index in [0.29, 0.717) is 0 Å². The number of fused-ring (bicyclic) bond motifs is 3. The highest BCUT2D eigenvalue weighted by Gasteiger charge is 2.21. The van der Waals surface area contributed by atoms with Crippen LogP contribution in [0.25, 0.3) is 83.7 Å². The van der Waals surface area contributed by atoms with E-state index in [1.165, 1.54) is 118 Å². The summed E-state index contributed by atoms with van der Waals surface area (Å²) in [5.41, 5.74) is 24.2. The van der Waals surface area contributed by atoms with Crippen LogP contribution in [0.3, 0.4) is 0 Å². The zero-order chi connectivity index (χ0) is 50.2. The van der Waals surface area contributed by atoms with Crippen LogP contribution >= 0.6 is 0 Å². The third kappa shape index (κ3) is 10.8. The lowest BCUT2D eigenvalue weighted by atomic mass is 9.81. The van der Waals surface area contributed by atoms with Gasteiger partial charge < -0.3 is 4.57 Å². The Hall–Kier alpha value is -8.52. The molecule has 0 saturated carbocycles. The minimum absolute atomic E-state index is 0. The van der Waals surface area contributed by atoms with Crippen molar-refractivity contribution in [2.75, 3.05) is 0 Å². The largest absolute Gasteiger partial charge is 0.316 e. The maximum absolute atomic E-state index is 4.86. The number of hydrogen-bond donors (Lipinski definition) is 0. The number of rotatable bonds is 16. The zero-order valence-electron chi connectivity index (χ0n) is 42.6. The summed E-state index contributed by atoms with van der Waals surface area (Å²) in [7, 11) is 0. The second-order valence-corrected chi connectivity index (χ2v) is 19.7. The van der Waals surface area contributed by atoms with E-state index < -0.39 is 0 Å². The Labute approximate surface area is 446 Å². The minimum atomic E-state index is 0. The van der Waals surface area contributed by atoms with Crippen molar-refractivity contribution in [3.05, 3.63) is 294 Å². The summed E-state index contributed by atoms with van der Waals surface area (Å²) in [6.45, 7) is 11.0. The van der Waals surface area contributed by atoms with Crippen molar-refractivity contribution in [2.45, 2.75) is 65.7 Å². The van der Waals surface area contributed by atoms with E-state index in [2.05, 4.69) is 255 Å². The summed E-state index contributed by atoms with van der Waals surface area (Å²) in [6.07, 6.45) is 28.8. The smallest absolute Gasteiger partial charge is 0.0535 e. The maximum atomic E-state index is 4.86. The Bertz CT molecular complexity index is 3690. The van der Waals surface area contributed by atoms with E-state index in [1.807, 2.05) is 6.08 Å². The van der Waals surface area contributed by atoms with Crippen molar-refractivity contribution in [3.63, 3.8) is 0 Å². The molecular weight excluding hydrogens is 903 g/mol. The van der Waals surface area contributed by atoms with Gasteiger partial charge in [0.2, 0.25) is 0 Å². The topological polar surface area (TPSA) is 4.93 Å². The van der Waals surface area contributed by atoms with Gasteiger partial charge in [-0.15, -0.1) is 6.58 Å². The highest BCUT2D eigenvalue weighted by molar-refractivity contribution is 6.11. The normalized spacial score (nSPS) is 13.9. The fraction of sp³-hybridized carbons (Fsp3) is 0.135. The summed E-state index contributed by atoms with van der Waals surface area (Å²) in [6, 6.07) is 69.6. The molecule has 0 amide bonds. The van der Waals surface area contributed by atoms with Crippen LogP contribution < -0.4 is 0 Å². The first kappa shape index (κ1) is 50.0. The van der Waals surface area contributed by atoms with Crippen LogP contribution in [0.4, 0.5) is 0 Å². The Morgan fingerprint density at radius 3 is 1.75 bits per heavy atom. The quantitative estimate of drug-likeness (QED) is 0.0672. The maximum Gasteiger partial charge on any atom is 0.0535 e. The first-order valence-electron chi connectivity index (χ1n) is 26.6. The predicted octanol–water partition coefficient (Wildman–Crippen LogP) is 20.9. The molecular formula is C74H67N. The minimum Gasteiger partial charge on any atom is -0.316 e. The van der Waals surface area contributed by atoms with E-state index in [0.717, 1.165) is 55.2 Å². The number of allylic oxidation sites excluding steroid dienone is 11. The molecule has 0 aliphatic heterocycles. The number of hydrogen-bond acceptors (Lipinski definition) is 0. The average molecular weight is 970 g/mol. The lowest BCUT2D eigenvalue weighted by molar-refractivity contribution is 0.796. The van der Waals surface area contributed by atoms with E-state index in [-0.39, 0.29) is 7.43 Å². The van der Waals surface area contributed by atoms with E-state index in [9.17, 15) is 0 Å². The molecule has 0 fully saturated rings. The number of nitrogens with zero attached hydrogens (tertiary/aromatic N) is 1. The summed E-state index contributed by atoms with van der Waals surface area (Å²) < 4.78 is 2.36. The number of aryl methyl sites for hydroxylation is 1. The fourth-order valence-corrected chi connectivity index (χ4v) is 10.8. The molecule has 1 aromatic heterocycles. The molecule has 0 spiro atoms. The van der Waals surface area contributed by atoms with Gasteiger partial charge in [0.1, 0.15) is 0 Å². The summed E-state index contributed by atoms with van der Waals surface area (Å²) >= 11 is 0. The lowest BCUT2D eigenvalue weighted by Gasteiger charge is -2.22. The van der Waals surface area contributed by atoms with Crippen LogP contribution in [0.1, 0.15) is 98.2 Å². The molecule has 0 saturated heterocycles. The molecule has 0 bridgehead atoms. The van der Waals surface area contributed by atoms with Crippen molar-refractivity contribution in [1.29, 1.82) is 0 Å². The van der Waals surface area contributed by atoms with Gasteiger partial charge in [-0.3, -0.25) is 0 Å². The van der Waals surface area contributed by atoms with Crippen LogP contribution in [0.15, 0.2) is 255 Å². The molecule has 1 heteroatoms. The Morgan fingerprint density at radius 2 is 1.11 bits per heavy atom. The van der Waals surface area contributed by atoms with Crippen molar-refractivity contribution in [2.24, 2.45) is 0 Å². The molecule has 9 aromatic rings. The Morgan fingerprint density at radius 1 is 0.520 bits per heavy atom. The number of aromatic nitrogens is 1. The molecule has 2 aliphatic carbocycles. The molecule has 1 nitrogen and oxygen atoms in total.